The molecule has 1 nitrogen and oxygen atoms in total. The molecular weight excluding hydrogens is 249 g/mol. The Hall–Kier alpha value is -1.67. The van der Waals surface area contributed by atoms with Gasteiger partial charge in [-0.1, -0.05) is 42.8 Å². The molecule has 0 fully saturated rings. The van der Waals surface area contributed by atoms with Crippen molar-refractivity contribution in [2.24, 2.45) is 0 Å². The van der Waals surface area contributed by atoms with E-state index in [1.807, 2.05) is 13.0 Å². The Morgan fingerprint density at radius 3 is 2.40 bits per heavy atom. The minimum Gasteiger partial charge on any atom is -0.310 e. The van der Waals surface area contributed by atoms with E-state index in [4.69, 9.17) is 0 Å². The van der Waals surface area contributed by atoms with Crippen LogP contribution < -0.4 is 5.32 Å². The third-order valence-corrected chi connectivity index (χ3v) is 3.63. The number of nitrogens with one attached hydrogen (secondary N) is 1. The molecule has 0 bridgehead atoms. The van der Waals surface area contributed by atoms with Gasteiger partial charge in [0.2, 0.25) is 0 Å². The highest BCUT2D eigenvalue weighted by atomic mass is 19.1. The fourth-order valence-electron chi connectivity index (χ4n) is 2.49. The van der Waals surface area contributed by atoms with E-state index in [1.165, 1.54) is 17.2 Å². The molecule has 0 aliphatic carbocycles. The molecule has 0 aliphatic heterocycles. The van der Waals surface area contributed by atoms with Crippen LogP contribution in [0, 0.1) is 19.7 Å². The maximum absolute atomic E-state index is 13.5. The lowest BCUT2D eigenvalue weighted by Gasteiger charge is -2.21. The maximum atomic E-state index is 13.5. The molecule has 0 radical (unpaired) electrons. The first-order chi connectivity index (χ1) is 9.60. The van der Waals surface area contributed by atoms with Crippen LogP contribution in [0.15, 0.2) is 42.5 Å². The predicted molar refractivity (Wildman–Crippen MR) is 82.4 cm³/mol. The lowest BCUT2D eigenvalue weighted by Crippen LogP contribution is -2.23. The van der Waals surface area contributed by atoms with Gasteiger partial charge in [-0.25, -0.2) is 4.39 Å². The SMILES string of the molecule is CCNC(Cc1ccc(C)cc1)c1cc(F)ccc1C. The fraction of sp³-hybridized carbons (Fsp3) is 0.333. The van der Waals surface area contributed by atoms with Crippen LogP contribution in [-0.4, -0.2) is 6.54 Å². The molecule has 0 amide bonds. The number of aryl methyl sites for hydroxylation is 2. The Bertz CT molecular complexity index is 560. The van der Waals surface area contributed by atoms with Gasteiger partial charge in [-0.05, 0) is 55.6 Å². The summed E-state index contributed by atoms with van der Waals surface area (Å²) < 4.78 is 13.5. The zero-order valence-corrected chi connectivity index (χ0v) is 12.4. The summed E-state index contributed by atoms with van der Waals surface area (Å²) in [5.74, 6) is -0.169. The highest BCUT2D eigenvalue weighted by Gasteiger charge is 2.14. The van der Waals surface area contributed by atoms with E-state index in [1.54, 1.807) is 6.07 Å². The average Bonchev–Trinajstić information content (AvgIpc) is 2.43. The summed E-state index contributed by atoms with van der Waals surface area (Å²) in [6.45, 7) is 7.07. The number of rotatable bonds is 5. The second kappa shape index (κ2) is 6.67. The van der Waals surface area contributed by atoms with Crippen molar-refractivity contribution in [3.8, 4) is 0 Å². The Labute approximate surface area is 120 Å². The molecule has 1 unspecified atom stereocenters. The van der Waals surface area contributed by atoms with Crippen molar-refractivity contribution in [1.82, 2.24) is 5.32 Å². The van der Waals surface area contributed by atoms with E-state index in [-0.39, 0.29) is 11.9 Å². The van der Waals surface area contributed by atoms with Gasteiger partial charge in [-0.15, -0.1) is 0 Å². The van der Waals surface area contributed by atoms with Crippen molar-refractivity contribution in [3.05, 3.63) is 70.5 Å². The molecule has 0 aliphatic rings. The summed E-state index contributed by atoms with van der Waals surface area (Å²) in [5, 5.41) is 3.46. The van der Waals surface area contributed by atoms with Gasteiger partial charge in [0.25, 0.3) is 0 Å². The summed E-state index contributed by atoms with van der Waals surface area (Å²) in [7, 11) is 0. The smallest absolute Gasteiger partial charge is 0.123 e. The standard InChI is InChI=1S/C18H22FN/c1-4-20-18(11-15-8-5-13(2)6-9-15)17-12-16(19)10-7-14(17)3/h5-10,12,18,20H,4,11H2,1-3H3. The van der Waals surface area contributed by atoms with E-state index in [0.717, 1.165) is 24.1 Å². The summed E-state index contributed by atoms with van der Waals surface area (Å²) in [6, 6.07) is 13.7. The predicted octanol–water partition coefficient (Wildman–Crippen LogP) is 4.34. The monoisotopic (exact) mass is 271 g/mol. The molecular formula is C18H22FN. The van der Waals surface area contributed by atoms with E-state index >= 15 is 0 Å². The van der Waals surface area contributed by atoms with E-state index in [0.29, 0.717) is 0 Å². The summed E-state index contributed by atoms with van der Waals surface area (Å²) in [6.07, 6.45) is 0.873. The van der Waals surface area contributed by atoms with Gasteiger partial charge in [-0.2, -0.15) is 0 Å². The summed E-state index contributed by atoms with van der Waals surface area (Å²) in [4.78, 5) is 0. The highest BCUT2D eigenvalue weighted by Crippen LogP contribution is 2.23. The second-order valence-corrected chi connectivity index (χ2v) is 5.30. The molecule has 0 heterocycles. The Morgan fingerprint density at radius 1 is 1.05 bits per heavy atom. The molecule has 1 N–H and O–H groups in total. The van der Waals surface area contributed by atoms with E-state index < -0.39 is 0 Å². The maximum Gasteiger partial charge on any atom is 0.123 e. The van der Waals surface area contributed by atoms with Gasteiger partial charge in [0, 0.05) is 6.04 Å². The van der Waals surface area contributed by atoms with Crippen LogP contribution in [0.25, 0.3) is 0 Å². The quantitative estimate of drug-likeness (QED) is 0.853. The first kappa shape index (κ1) is 14.7. The van der Waals surface area contributed by atoms with Gasteiger partial charge in [0.15, 0.2) is 0 Å². The van der Waals surface area contributed by atoms with Gasteiger partial charge < -0.3 is 5.32 Å². The third-order valence-electron chi connectivity index (χ3n) is 3.63. The minimum atomic E-state index is -0.169. The van der Waals surface area contributed by atoms with Crippen LogP contribution in [0.3, 0.4) is 0 Å². The van der Waals surface area contributed by atoms with Crippen molar-refractivity contribution in [2.45, 2.75) is 33.2 Å². The van der Waals surface area contributed by atoms with Gasteiger partial charge in [0.05, 0.1) is 0 Å². The highest BCUT2D eigenvalue weighted by molar-refractivity contribution is 5.32. The third kappa shape index (κ3) is 3.67. The molecule has 0 saturated heterocycles. The van der Waals surface area contributed by atoms with Crippen molar-refractivity contribution < 1.29 is 4.39 Å². The molecule has 2 heteroatoms. The lowest BCUT2D eigenvalue weighted by molar-refractivity contribution is 0.540. The van der Waals surface area contributed by atoms with Crippen LogP contribution in [0.4, 0.5) is 4.39 Å². The van der Waals surface area contributed by atoms with Gasteiger partial charge in [-0.3, -0.25) is 0 Å². The summed E-state index contributed by atoms with van der Waals surface area (Å²) in [5.41, 5.74) is 4.71. The molecule has 2 aromatic carbocycles. The van der Waals surface area contributed by atoms with Crippen LogP contribution in [0.5, 0.6) is 0 Å². The summed E-state index contributed by atoms with van der Waals surface area (Å²) >= 11 is 0. The van der Waals surface area contributed by atoms with Crippen LogP contribution in [-0.2, 0) is 6.42 Å². The van der Waals surface area contributed by atoms with Crippen LogP contribution in [0.2, 0.25) is 0 Å². The van der Waals surface area contributed by atoms with Crippen LogP contribution in [0.1, 0.15) is 35.2 Å². The van der Waals surface area contributed by atoms with Crippen LogP contribution >= 0.6 is 0 Å². The number of likely N-dealkylation sites (N-methyl/N-ethyl adjacent to an activating group) is 1. The topological polar surface area (TPSA) is 12.0 Å². The number of hydrogen-bond acceptors (Lipinski definition) is 1. The molecule has 2 aromatic rings. The van der Waals surface area contributed by atoms with E-state index in [9.17, 15) is 4.39 Å². The minimum absolute atomic E-state index is 0.151. The Kier molecular flexibility index (Phi) is 4.91. The van der Waals surface area contributed by atoms with E-state index in [2.05, 4.69) is 43.4 Å². The second-order valence-electron chi connectivity index (χ2n) is 5.30. The Morgan fingerprint density at radius 2 is 1.75 bits per heavy atom. The lowest BCUT2D eigenvalue weighted by atomic mass is 9.95. The van der Waals surface area contributed by atoms with Crippen molar-refractivity contribution in [1.29, 1.82) is 0 Å². The molecule has 0 spiro atoms. The number of benzene rings is 2. The molecule has 1 atom stereocenters. The molecule has 20 heavy (non-hydrogen) atoms. The molecule has 106 valence electrons. The largest absolute Gasteiger partial charge is 0.310 e. The Balaban J connectivity index is 2.26. The molecule has 0 aromatic heterocycles. The first-order valence-corrected chi connectivity index (χ1v) is 7.15. The van der Waals surface area contributed by atoms with Gasteiger partial charge >= 0.3 is 0 Å². The van der Waals surface area contributed by atoms with Gasteiger partial charge in [0.1, 0.15) is 5.82 Å². The zero-order valence-electron chi connectivity index (χ0n) is 12.4. The van der Waals surface area contributed by atoms with Crippen molar-refractivity contribution in [2.75, 3.05) is 6.54 Å². The molecule has 2 rings (SSSR count). The number of halogens is 1. The zero-order chi connectivity index (χ0) is 14.5. The molecule has 0 saturated carbocycles. The average molecular weight is 271 g/mol. The fourth-order valence-corrected chi connectivity index (χ4v) is 2.49. The van der Waals surface area contributed by atoms with Crippen molar-refractivity contribution in [3.63, 3.8) is 0 Å². The normalized spacial score (nSPS) is 12.4. The first-order valence-electron chi connectivity index (χ1n) is 7.15. The van der Waals surface area contributed by atoms with Crippen molar-refractivity contribution >= 4 is 0 Å². The number of hydrogen-bond donors (Lipinski definition) is 1.